The molecule has 0 amide bonds. The molecule has 7 rings (SSSR count). The van der Waals surface area contributed by atoms with Crippen LogP contribution < -0.4 is 0 Å². The van der Waals surface area contributed by atoms with E-state index in [1.807, 2.05) is 54.6 Å². The Balaban J connectivity index is 1.32. The third-order valence-corrected chi connectivity index (χ3v) is 7.18. The molecule has 0 aliphatic rings. The highest BCUT2D eigenvalue weighted by molar-refractivity contribution is 6.23. The molecule has 0 bridgehead atoms. The summed E-state index contributed by atoms with van der Waals surface area (Å²) >= 11 is 0. The summed E-state index contributed by atoms with van der Waals surface area (Å²) in [6.45, 7) is 0. The molecular weight excluding hydrogens is 496 g/mol. The first kappa shape index (κ1) is 23.7. The largest absolute Gasteiger partial charge is 0.445 e. The van der Waals surface area contributed by atoms with E-state index in [4.69, 9.17) is 14.7 Å². The SMILES string of the molecule is O=C(O[C@H](C(=O)c1ccccc1)c1ccccc1)c1ccc2nc3c4ccccc4c4ccccc4c3nc2c1. The maximum Gasteiger partial charge on any atom is 0.339 e. The van der Waals surface area contributed by atoms with E-state index in [0.29, 0.717) is 27.7 Å². The zero-order valence-electron chi connectivity index (χ0n) is 21.3. The predicted molar refractivity (Wildman–Crippen MR) is 157 cm³/mol. The second-order valence-electron chi connectivity index (χ2n) is 9.64. The summed E-state index contributed by atoms with van der Waals surface area (Å²) in [4.78, 5) is 36.8. The van der Waals surface area contributed by atoms with Gasteiger partial charge < -0.3 is 4.74 Å². The number of nitrogens with zero attached hydrogens (tertiary/aromatic N) is 2. The Hall–Kier alpha value is -5.42. The van der Waals surface area contributed by atoms with Gasteiger partial charge >= 0.3 is 5.97 Å². The minimum atomic E-state index is -1.08. The number of hydrogen-bond acceptors (Lipinski definition) is 5. The zero-order chi connectivity index (χ0) is 27.1. The topological polar surface area (TPSA) is 69.2 Å². The van der Waals surface area contributed by atoms with E-state index in [1.54, 1.807) is 54.6 Å². The molecule has 5 heteroatoms. The molecular formula is C35H22N2O3. The first-order valence-electron chi connectivity index (χ1n) is 13.0. The van der Waals surface area contributed by atoms with Crippen molar-refractivity contribution in [3.05, 3.63) is 144 Å². The van der Waals surface area contributed by atoms with Crippen molar-refractivity contribution in [2.45, 2.75) is 6.10 Å². The minimum Gasteiger partial charge on any atom is -0.445 e. The van der Waals surface area contributed by atoms with E-state index in [9.17, 15) is 9.59 Å². The van der Waals surface area contributed by atoms with Crippen LogP contribution in [0.25, 0.3) is 43.6 Å². The van der Waals surface area contributed by atoms with Gasteiger partial charge in [-0.15, -0.1) is 0 Å². The Morgan fingerprint density at radius 2 is 1.05 bits per heavy atom. The fourth-order valence-corrected chi connectivity index (χ4v) is 5.24. The van der Waals surface area contributed by atoms with Gasteiger partial charge in [0.2, 0.25) is 5.78 Å². The van der Waals surface area contributed by atoms with Gasteiger partial charge in [-0.1, -0.05) is 109 Å². The molecule has 0 saturated heterocycles. The lowest BCUT2D eigenvalue weighted by Crippen LogP contribution is -2.20. The summed E-state index contributed by atoms with van der Waals surface area (Å²) in [5.41, 5.74) is 4.21. The van der Waals surface area contributed by atoms with Crippen LogP contribution in [0.3, 0.4) is 0 Å². The van der Waals surface area contributed by atoms with Crippen LogP contribution in [0.2, 0.25) is 0 Å². The Kier molecular flexibility index (Phi) is 5.75. The van der Waals surface area contributed by atoms with Crippen molar-refractivity contribution in [3.63, 3.8) is 0 Å². The standard InChI is InChI=1S/C35H22N2O3/c38-33(22-11-3-1-4-12-22)34(23-13-5-2-6-14-23)40-35(39)24-19-20-29-30(21-24)37-32-28-18-10-8-16-26(28)25-15-7-9-17-27(25)31(32)36-29/h1-21,34H/t34-/m0/s1. The van der Waals surface area contributed by atoms with E-state index in [0.717, 1.165) is 32.6 Å². The number of ether oxygens (including phenoxy) is 1. The van der Waals surface area contributed by atoms with Crippen LogP contribution >= 0.6 is 0 Å². The number of carbonyl (C=O) groups excluding carboxylic acids is 2. The lowest BCUT2D eigenvalue weighted by molar-refractivity contribution is 0.0280. The molecule has 0 N–H and O–H groups in total. The third kappa shape index (κ3) is 4.05. The smallest absolute Gasteiger partial charge is 0.339 e. The van der Waals surface area contributed by atoms with Crippen molar-refractivity contribution in [3.8, 4) is 0 Å². The first-order valence-corrected chi connectivity index (χ1v) is 13.0. The second kappa shape index (κ2) is 9.71. The van der Waals surface area contributed by atoms with Gasteiger partial charge in [-0.3, -0.25) is 4.79 Å². The fourth-order valence-electron chi connectivity index (χ4n) is 5.24. The maximum atomic E-state index is 13.4. The average Bonchev–Trinajstić information content (AvgIpc) is 3.03. The number of esters is 1. The summed E-state index contributed by atoms with van der Waals surface area (Å²) in [7, 11) is 0. The van der Waals surface area contributed by atoms with Crippen LogP contribution in [0.15, 0.2) is 127 Å². The van der Waals surface area contributed by atoms with Gasteiger partial charge in [-0.05, 0) is 29.0 Å². The summed E-state index contributed by atoms with van der Waals surface area (Å²) in [6, 6.07) is 39.4. The molecule has 1 aromatic heterocycles. The van der Waals surface area contributed by atoms with Crippen LogP contribution in [0, 0.1) is 0 Å². The third-order valence-electron chi connectivity index (χ3n) is 7.18. The van der Waals surface area contributed by atoms with Gasteiger partial charge in [0.1, 0.15) is 0 Å². The van der Waals surface area contributed by atoms with Crippen LogP contribution in [0.5, 0.6) is 0 Å². The molecule has 7 aromatic rings. The molecule has 0 aliphatic heterocycles. The number of ketones is 1. The van der Waals surface area contributed by atoms with Crippen molar-refractivity contribution in [2.75, 3.05) is 0 Å². The molecule has 0 unspecified atom stereocenters. The van der Waals surface area contributed by atoms with Crippen molar-refractivity contribution >= 4 is 55.4 Å². The number of carbonyl (C=O) groups is 2. The van der Waals surface area contributed by atoms with Gasteiger partial charge in [0.15, 0.2) is 6.10 Å². The van der Waals surface area contributed by atoms with Crippen LogP contribution in [-0.4, -0.2) is 21.7 Å². The highest BCUT2D eigenvalue weighted by Gasteiger charge is 2.27. The van der Waals surface area contributed by atoms with Crippen molar-refractivity contribution in [2.24, 2.45) is 0 Å². The van der Waals surface area contributed by atoms with Crippen LogP contribution in [0.4, 0.5) is 0 Å². The molecule has 190 valence electrons. The van der Waals surface area contributed by atoms with Crippen molar-refractivity contribution in [1.29, 1.82) is 0 Å². The van der Waals surface area contributed by atoms with E-state index >= 15 is 0 Å². The maximum absolute atomic E-state index is 13.4. The molecule has 1 heterocycles. The first-order chi connectivity index (χ1) is 19.7. The molecule has 0 saturated carbocycles. The summed E-state index contributed by atoms with van der Waals surface area (Å²) in [6.07, 6.45) is -1.08. The van der Waals surface area contributed by atoms with Gasteiger partial charge in [0, 0.05) is 21.9 Å². The zero-order valence-corrected chi connectivity index (χ0v) is 21.3. The fraction of sp³-hybridized carbons (Fsp3) is 0.0286. The highest BCUT2D eigenvalue weighted by atomic mass is 16.5. The molecule has 5 nitrogen and oxygen atoms in total. The van der Waals surface area contributed by atoms with Crippen LogP contribution in [-0.2, 0) is 4.74 Å². The van der Waals surface area contributed by atoms with Gasteiger partial charge in [0.05, 0.1) is 27.6 Å². The highest BCUT2D eigenvalue weighted by Crippen LogP contribution is 2.34. The molecule has 0 radical (unpaired) electrons. The average molecular weight is 519 g/mol. The van der Waals surface area contributed by atoms with Crippen molar-refractivity contribution in [1.82, 2.24) is 9.97 Å². The van der Waals surface area contributed by atoms with E-state index in [-0.39, 0.29) is 5.78 Å². The van der Waals surface area contributed by atoms with E-state index in [2.05, 4.69) is 18.2 Å². The molecule has 0 spiro atoms. The Labute approximate surface area is 229 Å². The lowest BCUT2D eigenvalue weighted by atomic mass is 9.99. The summed E-state index contributed by atoms with van der Waals surface area (Å²) in [5.74, 6) is -0.893. The number of fused-ring (bicyclic) bond motifs is 7. The molecule has 6 aromatic carbocycles. The molecule has 40 heavy (non-hydrogen) atoms. The molecule has 1 atom stereocenters. The summed E-state index contributed by atoms with van der Waals surface area (Å²) < 4.78 is 5.87. The molecule has 0 fully saturated rings. The number of benzene rings is 6. The number of rotatable bonds is 5. The van der Waals surface area contributed by atoms with E-state index in [1.165, 1.54) is 0 Å². The van der Waals surface area contributed by atoms with Crippen LogP contribution in [0.1, 0.15) is 32.4 Å². The lowest BCUT2D eigenvalue weighted by Gasteiger charge is -2.18. The monoisotopic (exact) mass is 518 g/mol. The Morgan fingerprint density at radius 1 is 0.525 bits per heavy atom. The van der Waals surface area contributed by atoms with Gasteiger partial charge in [-0.2, -0.15) is 0 Å². The number of Topliss-reactive ketones (excluding diaryl/α,β-unsaturated/α-hetero) is 1. The normalized spacial score (nSPS) is 12.1. The quantitative estimate of drug-likeness (QED) is 0.100. The number of aromatic nitrogens is 2. The predicted octanol–water partition coefficient (Wildman–Crippen LogP) is 7.87. The van der Waals surface area contributed by atoms with Gasteiger partial charge in [0.25, 0.3) is 0 Å². The minimum absolute atomic E-state index is 0.287. The second-order valence-corrected chi connectivity index (χ2v) is 9.64. The molecule has 0 aliphatic carbocycles. The van der Waals surface area contributed by atoms with Crippen molar-refractivity contribution < 1.29 is 14.3 Å². The van der Waals surface area contributed by atoms with Gasteiger partial charge in [-0.25, -0.2) is 14.8 Å². The summed E-state index contributed by atoms with van der Waals surface area (Å²) in [5, 5.41) is 4.24. The number of hydrogen-bond donors (Lipinski definition) is 0. The Morgan fingerprint density at radius 3 is 1.68 bits per heavy atom. The van der Waals surface area contributed by atoms with E-state index < -0.39 is 12.1 Å². The Bertz CT molecular complexity index is 2070.